The van der Waals surface area contributed by atoms with Crippen molar-refractivity contribution in [3.8, 4) is 0 Å². The SMILES string of the molecule is O.O=C(CCCCCCCCCCCCCCCCC(O)(O)O)OC(=O)C(O)CO. The lowest BCUT2D eigenvalue weighted by Gasteiger charge is -2.12. The summed E-state index contributed by atoms with van der Waals surface area (Å²) in [7, 11) is 0. The Morgan fingerprint density at radius 1 is 0.700 bits per heavy atom. The van der Waals surface area contributed by atoms with Crippen molar-refractivity contribution >= 4 is 11.9 Å². The molecule has 0 aliphatic carbocycles. The van der Waals surface area contributed by atoms with E-state index >= 15 is 0 Å². The number of carbonyl (C=O) groups is 2. The molecule has 0 aromatic carbocycles. The van der Waals surface area contributed by atoms with E-state index in [0.717, 1.165) is 38.5 Å². The highest BCUT2D eigenvalue weighted by molar-refractivity contribution is 5.87. The van der Waals surface area contributed by atoms with Crippen molar-refractivity contribution < 1.29 is 45.3 Å². The Bertz CT molecular complexity index is 421. The van der Waals surface area contributed by atoms with Gasteiger partial charge in [-0.15, -0.1) is 0 Å². The maximum absolute atomic E-state index is 11.4. The normalized spacial score (nSPS) is 12.3. The minimum atomic E-state index is -2.52. The molecule has 0 radical (unpaired) electrons. The van der Waals surface area contributed by atoms with Crippen LogP contribution < -0.4 is 0 Å². The Balaban J connectivity index is 0. The highest BCUT2D eigenvalue weighted by Gasteiger charge is 2.18. The molecule has 0 saturated heterocycles. The van der Waals surface area contributed by atoms with E-state index in [1.54, 1.807) is 0 Å². The quantitative estimate of drug-likeness (QED) is 0.0871. The monoisotopic (exact) mass is 438 g/mol. The van der Waals surface area contributed by atoms with Gasteiger partial charge in [-0.2, -0.15) is 0 Å². The van der Waals surface area contributed by atoms with Crippen LogP contribution >= 0.6 is 0 Å². The first-order valence-corrected chi connectivity index (χ1v) is 11.0. The van der Waals surface area contributed by atoms with Crippen LogP contribution in [0.25, 0.3) is 0 Å². The number of unbranched alkanes of at least 4 members (excludes halogenated alkanes) is 13. The summed E-state index contributed by atoms with van der Waals surface area (Å²) >= 11 is 0. The lowest BCUT2D eigenvalue weighted by atomic mass is 10.0. The first-order valence-electron chi connectivity index (χ1n) is 11.0. The Labute approximate surface area is 179 Å². The fourth-order valence-electron chi connectivity index (χ4n) is 3.06. The fourth-order valence-corrected chi connectivity index (χ4v) is 3.06. The summed E-state index contributed by atoms with van der Waals surface area (Å²) in [6, 6.07) is 0. The lowest BCUT2D eigenvalue weighted by molar-refractivity contribution is -0.315. The summed E-state index contributed by atoms with van der Waals surface area (Å²) in [6.07, 6.45) is 13.2. The molecule has 0 spiro atoms. The zero-order valence-corrected chi connectivity index (χ0v) is 18.1. The zero-order chi connectivity index (χ0) is 22.0. The predicted molar refractivity (Wildman–Crippen MR) is 111 cm³/mol. The Kier molecular flexibility index (Phi) is 20.6. The summed E-state index contributed by atoms with van der Waals surface area (Å²) in [5, 5.41) is 43.9. The number of carbonyl (C=O) groups excluding carboxylic acids is 2. The second kappa shape index (κ2) is 19.8. The van der Waals surface area contributed by atoms with Gasteiger partial charge < -0.3 is 35.7 Å². The van der Waals surface area contributed by atoms with E-state index in [2.05, 4.69) is 4.74 Å². The van der Waals surface area contributed by atoms with Gasteiger partial charge in [-0.05, 0) is 12.8 Å². The number of hydrogen-bond acceptors (Lipinski definition) is 8. The zero-order valence-electron chi connectivity index (χ0n) is 18.1. The molecule has 0 heterocycles. The Hall–Kier alpha value is -1.10. The van der Waals surface area contributed by atoms with E-state index in [-0.39, 0.29) is 18.3 Å². The summed E-state index contributed by atoms with van der Waals surface area (Å²) in [5.74, 6) is -4.28. The second-order valence-corrected chi connectivity index (χ2v) is 7.72. The Morgan fingerprint density at radius 2 is 1.07 bits per heavy atom. The molecule has 0 aliphatic heterocycles. The van der Waals surface area contributed by atoms with Crippen LogP contribution in [0.2, 0.25) is 0 Å². The van der Waals surface area contributed by atoms with Crippen LogP contribution in [-0.4, -0.2) is 61.6 Å². The first kappa shape index (κ1) is 31.1. The maximum atomic E-state index is 11.4. The molecule has 30 heavy (non-hydrogen) atoms. The molecular formula is C21H42O9. The summed E-state index contributed by atoms with van der Waals surface area (Å²) in [4.78, 5) is 22.5. The van der Waals surface area contributed by atoms with Crippen molar-refractivity contribution in [2.45, 2.75) is 115 Å². The predicted octanol–water partition coefficient (Wildman–Crippen LogP) is 1.46. The van der Waals surface area contributed by atoms with Crippen molar-refractivity contribution in [3.63, 3.8) is 0 Å². The summed E-state index contributed by atoms with van der Waals surface area (Å²) in [6.45, 7) is -0.755. The lowest BCUT2D eigenvalue weighted by Crippen LogP contribution is -2.28. The van der Waals surface area contributed by atoms with E-state index in [0.29, 0.717) is 12.8 Å². The molecule has 0 fully saturated rings. The van der Waals surface area contributed by atoms with E-state index in [4.69, 9.17) is 25.5 Å². The average Bonchev–Trinajstić information content (AvgIpc) is 2.65. The number of ether oxygens (including phenoxy) is 1. The number of esters is 2. The van der Waals surface area contributed by atoms with E-state index in [9.17, 15) is 9.59 Å². The Morgan fingerprint density at radius 3 is 1.43 bits per heavy atom. The van der Waals surface area contributed by atoms with E-state index in [1.165, 1.54) is 38.5 Å². The van der Waals surface area contributed by atoms with Gasteiger partial charge in [-0.1, -0.05) is 77.0 Å². The fraction of sp³-hybridized carbons (Fsp3) is 0.905. The smallest absolute Gasteiger partial charge is 0.345 e. The molecule has 0 rings (SSSR count). The molecule has 9 heteroatoms. The van der Waals surface area contributed by atoms with Gasteiger partial charge >= 0.3 is 11.9 Å². The molecule has 1 atom stereocenters. The molecule has 0 amide bonds. The van der Waals surface area contributed by atoms with Gasteiger partial charge in [0, 0.05) is 12.8 Å². The van der Waals surface area contributed by atoms with Crippen LogP contribution in [0.15, 0.2) is 0 Å². The van der Waals surface area contributed by atoms with Crippen LogP contribution in [0, 0.1) is 0 Å². The third-order valence-corrected chi connectivity index (χ3v) is 4.80. The van der Waals surface area contributed by atoms with Crippen molar-refractivity contribution in [1.29, 1.82) is 0 Å². The molecule has 180 valence electrons. The highest BCUT2D eigenvalue weighted by Crippen LogP contribution is 2.15. The topological polar surface area (TPSA) is 176 Å². The third kappa shape index (κ3) is 21.6. The standard InChI is InChI=1S/C21H40O8.H2O/c22-17-18(23)20(25)29-19(24)15-13-11-9-7-5-3-1-2-4-6-8-10-12-14-16-21(26,27)28;/h18,22-23,26-28H,1-17H2;1H2. The van der Waals surface area contributed by atoms with Gasteiger partial charge in [-0.25, -0.2) is 4.79 Å². The minimum absolute atomic E-state index is 0. The van der Waals surface area contributed by atoms with Crippen molar-refractivity contribution in [1.82, 2.24) is 0 Å². The number of rotatable bonds is 19. The van der Waals surface area contributed by atoms with Gasteiger partial charge in [0.15, 0.2) is 6.10 Å². The molecule has 0 bridgehead atoms. The van der Waals surface area contributed by atoms with Crippen molar-refractivity contribution in [3.05, 3.63) is 0 Å². The van der Waals surface area contributed by atoms with Gasteiger partial charge in [0.25, 0.3) is 5.97 Å². The van der Waals surface area contributed by atoms with Gasteiger partial charge in [0.05, 0.1) is 6.61 Å². The van der Waals surface area contributed by atoms with E-state index in [1.807, 2.05) is 0 Å². The van der Waals surface area contributed by atoms with E-state index < -0.39 is 30.6 Å². The highest BCUT2D eigenvalue weighted by atomic mass is 16.7. The van der Waals surface area contributed by atoms with Crippen LogP contribution in [0.3, 0.4) is 0 Å². The molecule has 0 aromatic rings. The summed E-state index contributed by atoms with van der Waals surface area (Å²) < 4.78 is 4.42. The molecule has 0 aromatic heterocycles. The van der Waals surface area contributed by atoms with Gasteiger partial charge in [0.1, 0.15) is 0 Å². The van der Waals surface area contributed by atoms with Gasteiger partial charge in [-0.3, -0.25) is 4.79 Å². The first-order chi connectivity index (χ1) is 13.8. The van der Waals surface area contributed by atoms with Crippen LogP contribution in [0.1, 0.15) is 103 Å². The second-order valence-electron chi connectivity index (χ2n) is 7.72. The molecule has 9 nitrogen and oxygen atoms in total. The number of aliphatic hydroxyl groups is 5. The number of aliphatic hydroxyl groups excluding tert-OH is 2. The van der Waals surface area contributed by atoms with Crippen LogP contribution in [0.4, 0.5) is 0 Å². The molecule has 0 saturated carbocycles. The average molecular weight is 439 g/mol. The molecular weight excluding hydrogens is 396 g/mol. The third-order valence-electron chi connectivity index (χ3n) is 4.80. The van der Waals surface area contributed by atoms with Crippen molar-refractivity contribution in [2.24, 2.45) is 0 Å². The van der Waals surface area contributed by atoms with Crippen molar-refractivity contribution in [2.75, 3.05) is 6.61 Å². The molecule has 1 unspecified atom stereocenters. The van der Waals surface area contributed by atoms with Gasteiger partial charge in [0.2, 0.25) is 0 Å². The largest absolute Gasteiger partial charge is 0.412 e. The minimum Gasteiger partial charge on any atom is -0.412 e. The molecule has 0 aliphatic rings. The summed E-state index contributed by atoms with van der Waals surface area (Å²) in [5.41, 5.74) is 0. The number of hydrogen-bond donors (Lipinski definition) is 5. The van der Waals surface area contributed by atoms with Crippen LogP contribution in [-0.2, 0) is 14.3 Å². The molecule has 7 N–H and O–H groups in total. The maximum Gasteiger partial charge on any atom is 0.345 e. The van der Waals surface area contributed by atoms with Crippen LogP contribution in [0.5, 0.6) is 0 Å².